The first-order valence-corrected chi connectivity index (χ1v) is 9.93. The molecular weight excluding hydrogens is 430 g/mol. The van der Waals surface area contributed by atoms with Gasteiger partial charge in [-0.15, -0.1) is 0 Å². The number of benzene rings is 2. The minimum atomic E-state index is -2.95. The van der Waals surface area contributed by atoms with Crippen molar-refractivity contribution in [2.24, 2.45) is 4.99 Å². The van der Waals surface area contributed by atoms with Crippen molar-refractivity contribution in [2.45, 2.75) is 6.61 Å². The lowest BCUT2D eigenvalue weighted by Gasteiger charge is -2.18. The largest absolute Gasteiger partial charge is 0.497 e. The quantitative estimate of drug-likeness (QED) is 0.472. The van der Waals surface area contributed by atoms with E-state index in [1.807, 2.05) is 0 Å². The number of nitrogens with zero attached hydrogens (tertiary/aromatic N) is 2. The highest BCUT2D eigenvalue weighted by Crippen LogP contribution is 2.31. The van der Waals surface area contributed by atoms with Crippen LogP contribution in [0.3, 0.4) is 0 Å². The molecule has 2 aromatic rings. The first-order chi connectivity index (χ1) is 14.9. The second-order valence-corrected chi connectivity index (χ2v) is 7.02. The molecule has 0 atom stereocenters. The van der Waals surface area contributed by atoms with Gasteiger partial charge in [-0.25, -0.2) is 4.99 Å². The van der Waals surface area contributed by atoms with Gasteiger partial charge < -0.3 is 14.2 Å². The molecular formula is C21H18F2N2O5S. The fraction of sp³-hybridized carbons (Fsp3) is 0.190. The van der Waals surface area contributed by atoms with E-state index >= 15 is 0 Å². The highest BCUT2D eigenvalue weighted by atomic mass is 32.2. The number of esters is 1. The molecule has 0 saturated heterocycles. The number of hydrogen-bond donors (Lipinski definition) is 0. The maximum Gasteiger partial charge on any atom is 0.387 e. The second kappa shape index (κ2) is 10.1. The predicted molar refractivity (Wildman–Crippen MR) is 113 cm³/mol. The Morgan fingerprint density at radius 3 is 2.32 bits per heavy atom. The molecule has 0 aliphatic carbocycles. The molecule has 0 fully saturated rings. The number of methoxy groups -OCH3 is 2. The van der Waals surface area contributed by atoms with Gasteiger partial charge >= 0.3 is 12.6 Å². The van der Waals surface area contributed by atoms with Crippen LogP contribution in [0.2, 0.25) is 0 Å². The number of thioether (sulfide) groups is 1. The number of anilines is 1. The summed E-state index contributed by atoms with van der Waals surface area (Å²) in [5.74, 6) is -0.328. The lowest BCUT2D eigenvalue weighted by molar-refractivity contribution is -0.137. The Labute approximate surface area is 181 Å². The summed E-state index contributed by atoms with van der Waals surface area (Å²) in [5, 5.41) is 0.262. The normalized spacial score (nSPS) is 14.7. The van der Waals surface area contributed by atoms with Gasteiger partial charge in [0, 0.05) is 0 Å². The van der Waals surface area contributed by atoms with Crippen molar-refractivity contribution < 1.29 is 32.6 Å². The third-order valence-corrected chi connectivity index (χ3v) is 5.03. The molecule has 2 aromatic carbocycles. The first kappa shape index (κ1) is 22.3. The average Bonchev–Trinajstić information content (AvgIpc) is 3.07. The topological polar surface area (TPSA) is 77.4 Å². The van der Waals surface area contributed by atoms with Crippen LogP contribution in [0.4, 0.5) is 14.5 Å². The molecule has 0 saturated carbocycles. The van der Waals surface area contributed by atoms with E-state index in [0.29, 0.717) is 11.4 Å². The van der Waals surface area contributed by atoms with Crippen molar-refractivity contribution in [3.8, 4) is 11.5 Å². The van der Waals surface area contributed by atoms with Crippen molar-refractivity contribution in [3.05, 3.63) is 59.8 Å². The zero-order valence-corrected chi connectivity index (χ0v) is 17.4. The molecule has 0 bridgehead atoms. The third kappa shape index (κ3) is 5.60. The number of amides is 1. The van der Waals surface area contributed by atoms with E-state index < -0.39 is 18.5 Å². The lowest BCUT2D eigenvalue weighted by atomic mass is 10.2. The molecule has 7 nitrogen and oxygen atoms in total. The highest BCUT2D eigenvalue weighted by molar-refractivity contribution is 8.14. The number of aliphatic imine (C=N–C) groups is 1. The van der Waals surface area contributed by atoms with E-state index in [2.05, 4.69) is 14.5 Å². The Bertz CT molecular complexity index is 1010. The molecule has 3 rings (SSSR count). The summed E-state index contributed by atoms with van der Waals surface area (Å²) >= 11 is 1.03. The molecule has 1 aliphatic rings. The molecule has 162 valence electrons. The molecule has 31 heavy (non-hydrogen) atoms. The van der Waals surface area contributed by atoms with Crippen LogP contribution >= 0.6 is 11.8 Å². The van der Waals surface area contributed by atoms with Gasteiger partial charge in [0.25, 0.3) is 5.91 Å². The standard InChI is InChI=1S/C21H18F2N2O5S/c1-28-15-7-3-13(4-8-15)11-17-19(27)25(21(24-17)31-12-18(26)29-2)14-5-9-16(10-6-14)30-20(22)23/h3-11,20H,12H2,1-2H3/b17-11-. The number of ether oxygens (including phenoxy) is 3. The predicted octanol–water partition coefficient (Wildman–Crippen LogP) is 3.95. The SMILES string of the molecule is COC(=O)CSC1=N/C(=C\c2ccc(OC)cc2)C(=O)N1c1ccc(OC(F)F)cc1. The fourth-order valence-electron chi connectivity index (χ4n) is 2.64. The van der Waals surface area contributed by atoms with Gasteiger partial charge in [-0.2, -0.15) is 8.78 Å². The van der Waals surface area contributed by atoms with Crippen LogP contribution < -0.4 is 14.4 Å². The Morgan fingerprint density at radius 1 is 1.10 bits per heavy atom. The van der Waals surface area contributed by atoms with Gasteiger partial charge in [0.05, 0.1) is 25.7 Å². The van der Waals surface area contributed by atoms with Gasteiger partial charge in [-0.1, -0.05) is 23.9 Å². The molecule has 0 N–H and O–H groups in total. The molecule has 0 radical (unpaired) electrons. The van der Waals surface area contributed by atoms with Crippen molar-refractivity contribution in [3.63, 3.8) is 0 Å². The van der Waals surface area contributed by atoms with Gasteiger partial charge in [-0.05, 0) is 48.0 Å². The minimum absolute atomic E-state index is 0.0416. The van der Waals surface area contributed by atoms with E-state index in [0.717, 1.165) is 17.3 Å². The highest BCUT2D eigenvalue weighted by Gasteiger charge is 2.32. The Balaban J connectivity index is 1.90. The van der Waals surface area contributed by atoms with E-state index in [1.54, 1.807) is 37.5 Å². The van der Waals surface area contributed by atoms with Crippen LogP contribution in [-0.2, 0) is 14.3 Å². The summed E-state index contributed by atoms with van der Waals surface area (Å²) in [7, 11) is 2.82. The van der Waals surface area contributed by atoms with Gasteiger partial charge in [0.2, 0.25) is 0 Å². The maximum absolute atomic E-state index is 13.1. The van der Waals surface area contributed by atoms with E-state index in [-0.39, 0.29) is 22.4 Å². The second-order valence-electron chi connectivity index (χ2n) is 6.07. The van der Waals surface area contributed by atoms with Crippen LogP contribution in [0.5, 0.6) is 11.5 Å². The fourth-order valence-corrected chi connectivity index (χ4v) is 3.48. The summed E-state index contributed by atoms with van der Waals surface area (Å²) in [6.45, 7) is -2.95. The number of rotatable bonds is 7. The van der Waals surface area contributed by atoms with Gasteiger partial charge in [-0.3, -0.25) is 14.5 Å². The number of halogens is 2. The molecule has 1 amide bonds. The van der Waals surface area contributed by atoms with Crippen LogP contribution in [0.25, 0.3) is 6.08 Å². The zero-order valence-electron chi connectivity index (χ0n) is 16.6. The van der Waals surface area contributed by atoms with Crippen molar-refractivity contribution in [1.82, 2.24) is 0 Å². The number of alkyl halides is 2. The summed E-state index contributed by atoms with van der Waals surface area (Å²) in [4.78, 5) is 30.3. The molecule has 0 aromatic heterocycles. The summed E-state index contributed by atoms with van der Waals surface area (Å²) in [6, 6.07) is 12.6. The Kier molecular flexibility index (Phi) is 7.24. The van der Waals surface area contributed by atoms with Crippen LogP contribution in [-0.4, -0.2) is 43.6 Å². The molecule has 0 spiro atoms. The van der Waals surface area contributed by atoms with Crippen molar-refractivity contribution >= 4 is 40.6 Å². The van der Waals surface area contributed by atoms with E-state index in [4.69, 9.17) is 4.74 Å². The third-order valence-electron chi connectivity index (χ3n) is 4.12. The molecule has 1 aliphatic heterocycles. The Hall–Kier alpha value is -3.40. The van der Waals surface area contributed by atoms with Crippen LogP contribution in [0.15, 0.2) is 59.2 Å². The monoisotopic (exact) mass is 448 g/mol. The minimum Gasteiger partial charge on any atom is -0.497 e. The Morgan fingerprint density at radius 2 is 1.74 bits per heavy atom. The van der Waals surface area contributed by atoms with Crippen molar-refractivity contribution in [1.29, 1.82) is 0 Å². The smallest absolute Gasteiger partial charge is 0.387 e. The summed E-state index contributed by atoms with van der Waals surface area (Å²) in [5.41, 5.74) is 1.28. The molecule has 10 heteroatoms. The van der Waals surface area contributed by atoms with Crippen molar-refractivity contribution in [2.75, 3.05) is 24.9 Å². The lowest BCUT2D eigenvalue weighted by Crippen LogP contribution is -2.30. The number of carbonyl (C=O) groups excluding carboxylic acids is 2. The molecule has 1 heterocycles. The average molecular weight is 448 g/mol. The summed E-state index contributed by atoms with van der Waals surface area (Å²) in [6.07, 6.45) is 1.61. The summed E-state index contributed by atoms with van der Waals surface area (Å²) < 4.78 is 38.9. The van der Waals surface area contributed by atoms with Gasteiger partial charge in [0.1, 0.15) is 17.2 Å². The first-order valence-electron chi connectivity index (χ1n) is 8.94. The number of amidine groups is 1. The number of carbonyl (C=O) groups is 2. The molecule has 0 unspecified atom stereocenters. The van der Waals surface area contributed by atoms with Gasteiger partial charge in [0.15, 0.2) is 5.17 Å². The number of hydrogen-bond acceptors (Lipinski definition) is 7. The zero-order chi connectivity index (χ0) is 22.4. The van der Waals surface area contributed by atoms with E-state index in [9.17, 15) is 18.4 Å². The van der Waals surface area contributed by atoms with E-state index in [1.165, 1.54) is 36.3 Å². The van der Waals surface area contributed by atoms with Crippen LogP contribution in [0.1, 0.15) is 5.56 Å². The maximum atomic E-state index is 13.1. The van der Waals surface area contributed by atoms with Crippen LogP contribution in [0, 0.1) is 0 Å².